The van der Waals surface area contributed by atoms with E-state index in [0.717, 1.165) is 32.8 Å². The van der Waals surface area contributed by atoms with E-state index in [1.165, 1.54) is 56.3 Å². The van der Waals surface area contributed by atoms with Crippen LogP contribution in [-0.2, 0) is 17.8 Å². The number of halogens is 1. The third-order valence-corrected chi connectivity index (χ3v) is 6.20. The molecule has 4 rings (SSSR count). The summed E-state index contributed by atoms with van der Waals surface area (Å²) in [5, 5.41) is 7.53. The third-order valence-electron chi connectivity index (χ3n) is 6.20. The summed E-state index contributed by atoms with van der Waals surface area (Å²) in [7, 11) is 0. The Morgan fingerprint density at radius 3 is 2.77 bits per heavy atom. The minimum atomic E-state index is 0. The lowest BCUT2D eigenvalue weighted by molar-refractivity contribution is 0.0524. The molecule has 2 aliphatic heterocycles. The molecule has 0 spiro atoms. The zero-order valence-electron chi connectivity index (χ0n) is 15.8. The number of benzene rings is 1. The minimum Gasteiger partial charge on any atom is -0.379 e. The van der Waals surface area contributed by atoms with Gasteiger partial charge >= 0.3 is 0 Å². The van der Waals surface area contributed by atoms with Gasteiger partial charge in [0.25, 0.3) is 0 Å². The summed E-state index contributed by atoms with van der Waals surface area (Å²) in [5.74, 6) is 0.716. The number of rotatable bonds is 6. The van der Waals surface area contributed by atoms with Crippen molar-refractivity contribution in [1.82, 2.24) is 15.5 Å². The van der Waals surface area contributed by atoms with Gasteiger partial charge in [0.05, 0.1) is 13.2 Å². The van der Waals surface area contributed by atoms with Gasteiger partial charge in [-0.25, -0.2) is 0 Å². The predicted octanol–water partition coefficient (Wildman–Crippen LogP) is 2.95. The van der Waals surface area contributed by atoms with Crippen LogP contribution in [0.1, 0.15) is 43.2 Å². The van der Waals surface area contributed by atoms with Crippen LogP contribution >= 0.6 is 12.4 Å². The fourth-order valence-electron chi connectivity index (χ4n) is 4.87. The van der Waals surface area contributed by atoms with Gasteiger partial charge in [-0.2, -0.15) is 0 Å². The Balaban J connectivity index is 0.00000196. The van der Waals surface area contributed by atoms with Crippen molar-refractivity contribution in [3.05, 3.63) is 35.4 Å². The molecule has 5 heteroatoms. The first-order chi connectivity index (χ1) is 12.4. The second-order valence-corrected chi connectivity index (χ2v) is 8.02. The first kappa shape index (κ1) is 20.1. The van der Waals surface area contributed by atoms with E-state index in [1.54, 1.807) is 0 Å². The molecule has 0 aromatic heterocycles. The maximum atomic E-state index is 5.69. The normalized spacial score (nSPS) is 29.6. The Morgan fingerprint density at radius 1 is 1.12 bits per heavy atom. The first-order valence-corrected chi connectivity index (χ1v) is 10.2. The maximum Gasteiger partial charge on any atom is 0.0623 e. The Bertz CT molecular complexity index is 544. The van der Waals surface area contributed by atoms with Crippen molar-refractivity contribution in [2.45, 2.75) is 57.3 Å². The number of nitrogens with zero attached hydrogens (tertiary/aromatic N) is 1. The summed E-state index contributed by atoms with van der Waals surface area (Å²) in [6.07, 6.45) is 6.70. The summed E-state index contributed by atoms with van der Waals surface area (Å²) < 4.78 is 5.69. The molecule has 2 saturated heterocycles. The number of nitrogens with one attached hydrogen (secondary N) is 2. The Hall–Kier alpha value is -0.650. The highest BCUT2D eigenvalue weighted by atomic mass is 35.5. The second kappa shape index (κ2) is 10.0. The smallest absolute Gasteiger partial charge is 0.0623 e. The summed E-state index contributed by atoms with van der Waals surface area (Å²) in [6, 6.07) is 10.3. The fraction of sp³-hybridized carbons (Fsp3) is 0.714. The van der Waals surface area contributed by atoms with Crippen molar-refractivity contribution in [2.24, 2.45) is 5.92 Å². The highest BCUT2D eigenvalue weighted by molar-refractivity contribution is 5.85. The SMILES string of the molecule is Cl.c1cc(CNC2CCCC2C2COCCN2)cc(CN2CCCC2)c1. The van der Waals surface area contributed by atoms with E-state index in [9.17, 15) is 0 Å². The average molecular weight is 380 g/mol. The highest BCUT2D eigenvalue weighted by Crippen LogP contribution is 2.29. The van der Waals surface area contributed by atoms with Crippen LogP contribution in [0.2, 0.25) is 0 Å². The van der Waals surface area contributed by atoms with E-state index in [1.807, 2.05) is 0 Å². The van der Waals surface area contributed by atoms with Gasteiger partial charge in [-0.1, -0.05) is 30.7 Å². The molecule has 0 radical (unpaired) electrons. The van der Waals surface area contributed by atoms with Crippen molar-refractivity contribution >= 4 is 12.4 Å². The van der Waals surface area contributed by atoms with E-state index in [2.05, 4.69) is 39.8 Å². The Kier molecular flexibility index (Phi) is 7.77. The van der Waals surface area contributed by atoms with Crippen LogP contribution in [0.4, 0.5) is 0 Å². The molecule has 26 heavy (non-hydrogen) atoms. The lowest BCUT2D eigenvalue weighted by Crippen LogP contribution is -2.50. The van der Waals surface area contributed by atoms with Gasteiger partial charge in [0.15, 0.2) is 0 Å². The van der Waals surface area contributed by atoms with Crippen LogP contribution < -0.4 is 10.6 Å². The average Bonchev–Trinajstić information content (AvgIpc) is 3.33. The molecule has 0 bridgehead atoms. The lowest BCUT2D eigenvalue weighted by atomic mass is 9.94. The molecule has 1 aromatic rings. The molecule has 1 aliphatic carbocycles. The van der Waals surface area contributed by atoms with E-state index in [0.29, 0.717) is 18.0 Å². The molecule has 3 fully saturated rings. The second-order valence-electron chi connectivity index (χ2n) is 8.02. The van der Waals surface area contributed by atoms with Crippen LogP contribution in [-0.4, -0.2) is 49.8 Å². The zero-order valence-corrected chi connectivity index (χ0v) is 16.6. The molecule has 2 N–H and O–H groups in total. The molecule has 4 nitrogen and oxygen atoms in total. The molecule has 1 aromatic carbocycles. The highest BCUT2D eigenvalue weighted by Gasteiger charge is 2.34. The van der Waals surface area contributed by atoms with Gasteiger partial charge < -0.3 is 15.4 Å². The minimum absolute atomic E-state index is 0. The predicted molar refractivity (Wildman–Crippen MR) is 109 cm³/mol. The van der Waals surface area contributed by atoms with Crippen LogP contribution in [0.15, 0.2) is 24.3 Å². The topological polar surface area (TPSA) is 36.5 Å². The first-order valence-electron chi connectivity index (χ1n) is 10.2. The summed E-state index contributed by atoms with van der Waals surface area (Å²) in [4.78, 5) is 2.58. The Labute approximate surface area is 164 Å². The van der Waals surface area contributed by atoms with Crippen LogP contribution in [0.25, 0.3) is 0 Å². The standard InChI is InChI=1S/C21H33N3O.ClH/c1-2-11-24(10-1)15-18-6-3-5-17(13-18)14-23-20-8-4-7-19(20)21-16-25-12-9-22-21;/h3,5-6,13,19-23H,1-2,4,7-12,14-16H2;1H. The molecule has 1 saturated carbocycles. The number of hydrogen-bond acceptors (Lipinski definition) is 4. The van der Waals surface area contributed by atoms with E-state index < -0.39 is 0 Å². The van der Waals surface area contributed by atoms with Crippen molar-refractivity contribution in [3.8, 4) is 0 Å². The molecule has 0 amide bonds. The zero-order chi connectivity index (χ0) is 16.9. The van der Waals surface area contributed by atoms with Gasteiger partial charge in [-0.15, -0.1) is 12.4 Å². The Morgan fingerprint density at radius 2 is 1.96 bits per heavy atom. The molecular formula is C21H34ClN3O. The monoisotopic (exact) mass is 379 g/mol. The summed E-state index contributed by atoms with van der Waals surface area (Å²) in [6.45, 7) is 7.39. The largest absolute Gasteiger partial charge is 0.379 e. The van der Waals surface area contributed by atoms with E-state index >= 15 is 0 Å². The molecule has 2 heterocycles. The van der Waals surface area contributed by atoms with Crippen molar-refractivity contribution in [1.29, 1.82) is 0 Å². The maximum absolute atomic E-state index is 5.69. The van der Waals surface area contributed by atoms with Crippen molar-refractivity contribution in [3.63, 3.8) is 0 Å². The molecular weight excluding hydrogens is 346 g/mol. The van der Waals surface area contributed by atoms with Crippen LogP contribution in [0.3, 0.4) is 0 Å². The molecule has 3 atom stereocenters. The fourth-order valence-corrected chi connectivity index (χ4v) is 4.87. The summed E-state index contributed by atoms with van der Waals surface area (Å²) >= 11 is 0. The van der Waals surface area contributed by atoms with E-state index in [-0.39, 0.29) is 12.4 Å². The van der Waals surface area contributed by atoms with Crippen molar-refractivity contribution < 1.29 is 4.74 Å². The number of ether oxygens (including phenoxy) is 1. The van der Waals surface area contributed by atoms with Gasteiger partial charge in [0.1, 0.15) is 0 Å². The quantitative estimate of drug-likeness (QED) is 0.796. The molecule has 3 aliphatic rings. The lowest BCUT2D eigenvalue weighted by Gasteiger charge is -2.33. The van der Waals surface area contributed by atoms with Gasteiger partial charge in [0, 0.05) is 31.7 Å². The van der Waals surface area contributed by atoms with Crippen molar-refractivity contribution in [2.75, 3.05) is 32.8 Å². The number of morpholine rings is 1. The number of likely N-dealkylation sites (tertiary alicyclic amines) is 1. The third kappa shape index (κ3) is 5.20. The summed E-state index contributed by atoms with van der Waals surface area (Å²) in [5.41, 5.74) is 2.89. The number of hydrogen-bond donors (Lipinski definition) is 2. The van der Waals surface area contributed by atoms with Gasteiger partial charge in [-0.3, -0.25) is 4.90 Å². The van der Waals surface area contributed by atoms with Gasteiger partial charge in [-0.05, 0) is 55.8 Å². The van der Waals surface area contributed by atoms with E-state index in [4.69, 9.17) is 4.74 Å². The molecule has 146 valence electrons. The van der Waals surface area contributed by atoms with Crippen LogP contribution in [0, 0.1) is 5.92 Å². The molecule has 3 unspecified atom stereocenters. The van der Waals surface area contributed by atoms with Gasteiger partial charge in [0.2, 0.25) is 0 Å². The van der Waals surface area contributed by atoms with Crippen LogP contribution in [0.5, 0.6) is 0 Å².